The van der Waals surface area contributed by atoms with E-state index < -0.39 is 29.6 Å². The molecule has 0 aliphatic heterocycles. The number of nitrogens with zero attached hydrogens (tertiary/aromatic N) is 1. The highest BCUT2D eigenvalue weighted by Crippen LogP contribution is 2.11. The molecule has 0 saturated carbocycles. The van der Waals surface area contributed by atoms with Crippen molar-refractivity contribution < 1.29 is 23.5 Å². The van der Waals surface area contributed by atoms with Crippen molar-refractivity contribution in [1.29, 1.82) is 0 Å². The second-order valence-electron chi connectivity index (χ2n) is 4.19. The van der Waals surface area contributed by atoms with Crippen molar-refractivity contribution in [3.63, 3.8) is 0 Å². The number of carbonyl (C=O) groups excluding carboxylic acids is 1. The van der Waals surface area contributed by atoms with Crippen LogP contribution in [-0.2, 0) is 16.0 Å². The zero-order valence-corrected chi connectivity index (χ0v) is 10.7. The third-order valence-electron chi connectivity index (χ3n) is 2.87. The van der Waals surface area contributed by atoms with E-state index in [-0.39, 0.29) is 12.8 Å². The van der Waals surface area contributed by atoms with Crippen molar-refractivity contribution in [2.24, 2.45) is 0 Å². The summed E-state index contributed by atoms with van der Waals surface area (Å²) in [6.45, 7) is 1.65. The van der Waals surface area contributed by atoms with Crippen LogP contribution in [0.25, 0.3) is 0 Å². The summed E-state index contributed by atoms with van der Waals surface area (Å²) in [4.78, 5) is 23.9. The van der Waals surface area contributed by atoms with Crippen LogP contribution in [0.5, 0.6) is 0 Å². The summed E-state index contributed by atoms with van der Waals surface area (Å²) < 4.78 is 25.7. The molecule has 0 spiro atoms. The standard InChI is InChI=1S/C13H15F2NO3/c1-3-11(13(18)19)16(2)12(17)7-8-4-5-9(14)10(15)6-8/h4-6,11H,3,7H2,1-2H3,(H,18,19). The topological polar surface area (TPSA) is 57.6 Å². The van der Waals surface area contributed by atoms with Crippen LogP contribution in [0.3, 0.4) is 0 Å². The number of amides is 1. The van der Waals surface area contributed by atoms with E-state index in [0.29, 0.717) is 5.56 Å². The number of carboxylic acid groups (broad SMARTS) is 1. The van der Waals surface area contributed by atoms with Gasteiger partial charge in [-0.1, -0.05) is 13.0 Å². The first kappa shape index (κ1) is 15.1. The van der Waals surface area contributed by atoms with Gasteiger partial charge in [0, 0.05) is 7.05 Å². The van der Waals surface area contributed by atoms with Gasteiger partial charge in [-0.15, -0.1) is 0 Å². The normalized spacial score (nSPS) is 12.0. The highest BCUT2D eigenvalue weighted by atomic mass is 19.2. The maximum atomic E-state index is 13.0. The monoisotopic (exact) mass is 271 g/mol. The Labute approximate surface area is 109 Å². The van der Waals surface area contributed by atoms with Gasteiger partial charge < -0.3 is 10.0 Å². The van der Waals surface area contributed by atoms with Crippen LogP contribution >= 0.6 is 0 Å². The molecule has 1 atom stereocenters. The van der Waals surface area contributed by atoms with E-state index in [0.717, 1.165) is 17.0 Å². The second-order valence-corrected chi connectivity index (χ2v) is 4.19. The van der Waals surface area contributed by atoms with E-state index >= 15 is 0 Å². The Morgan fingerprint density at radius 2 is 1.95 bits per heavy atom. The first-order chi connectivity index (χ1) is 8.86. The quantitative estimate of drug-likeness (QED) is 0.888. The van der Waals surface area contributed by atoms with E-state index in [1.165, 1.54) is 13.1 Å². The molecule has 1 amide bonds. The zero-order chi connectivity index (χ0) is 14.6. The van der Waals surface area contributed by atoms with E-state index in [1.54, 1.807) is 6.92 Å². The van der Waals surface area contributed by atoms with Crippen LogP contribution in [0.15, 0.2) is 18.2 Å². The molecule has 1 aromatic carbocycles. The molecule has 104 valence electrons. The van der Waals surface area contributed by atoms with Gasteiger partial charge in [0.05, 0.1) is 6.42 Å². The molecule has 1 unspecified atom stereocenters. The number of rotatable bonds is 5. The van der Waals surface area contributed by atoms with Gasteiger partial charge in [-0.3, -0.25) is 4.79 Å². The van der Waals surface area contributed by atoms with E-state index in [4.69, 9.17) is 5.11 Å². The number of aliphatic carboxylic acids is 1. The highest BCUT2D eigenvalue weighted by Gasteiger charge is 2.24. The molecule has 0 fully saturated rings. The Balaban J connectivity index is 2.78. The zero-order valence-electron chi connectivity index (χ0n) is 10.7. The van der Waals surface area contributed by atoms with Gasteiger partial charge in [0.1, 0.15) is 6.04 Å². The number of carboxylic acids is 1. The molecule has 1 aromatic rings. The van der Waals surface area contributed by atoms with E-state index in [1.807, 2.05) is 0 Å². The van der Waals surface area contributed by atoms with Crippen molar-refractivity contribution in [1.82, 2.24) is 4.90 Å². The van der Waals surface area contributed by atoms with Gasteiger partial charge >= 0.3 is 5.97 Å². The first-order valence-corrected chi connectivity index (χ1v) is 5.79. The van der Waals surface area contributed by atoms with Crippen LogP contribution in [0.4, 0.5) is 8.78 Å². The number of halogens is 2. The van der Waals surface area contributed by atoms with Crippen LogP contribution < -0.4 is 0 Å². The van der Waals surface area contributed by atoms with Gasteiger partial charge in [0.2, 0.25) is 5.91 Å². The molecule has 0 radical (unpaired) electrons. The fourth-order valence-electron chi connectivity index (χ4n) is 1.74. The Hall–Kier alpha value is -1.98. The fraction of sp³-hybridized carbons (Fsp3) is 0.385. The van der Waals surface area contributed by atoms with Crippen molar-refractivity contribution in [2.45, 2.75) is 25.8 Å². The molecular formula is C13H15F2NO3. The summed E-state index contributed by atoms with van der Waals surface area (Å²) in [5.41, 5.74) is 0.302. The second kappa shape index (κ2) is 6.26. The summed E-state index contributed by atoms with van der Waals surface area (Å²) in [6, 6.07) is 2.25. The maximum Gasteiger partial charge on any atom is 0.326 e. The smallest absolute Gasteiger partial charge is 0.326 e. The van der Waals surface area contributed by atoms with Crippen LogP contribution in [0.2, 0.25) is 0 Å². The summed E-state index contributed by atoms with van der Waals surface area (Å²) >= 11 is 0. The van der Waals surface area contributed by atoms with Gasteiger partial charge in [-0.05, 0) is 24.1 Å². The number of hydrogen-bond donors (Lipinski definition) is 1. The Kier molecular flexibility index (Phi) is 4.97. The molecule has 1 N–H and O–H groups in total. The SMILES string of the molecule is CCC(C(=O)O)N(C)C(=O)Cc1ccc(F)c(F)c1. The minimum atomic E-state index is -1.09. The molecule has 0 saturated heterocycles. The summed E-state index contributed by atoms with van der Waals surface area (Å²) in [5.74, 6) is -3.57. The lowest BCUT2D eigenvalue weighted by atomic mass is 10.1. The Morgan fingerprint density at radius 3 is 2.42 bits per heavy atom. The molecule has 4 nitrogen and oxygen atoms in total. The van der Waals surface area contributed by atoms with Crippen molar-refractivity contribution >= 4 is 11.9 Å². The Bertz CT molecular complexity index is 491. The average molecular weight is 271 g/mol. The molecule has 0 aliphatic carbocycles. The molecule has 6 heteroatoms. The van der Waals surface area contributed by atoms with E-state index in [2.05, 4.69) is 0 Å². The summed E-state index contributed by atoms with van der Waals surface area (Å²) in [6.07, 6.45) is 0.104. The van der Waals surface area contributed by atoms with Crippen LogP contribution in [-0.4, -0.2) is 35.0 Å². The predicted molar refractivity (Wildman–Crippen MR) is 64.5 cm³/mol. The Morgan fingerprint density at radius 1 is 1.32 bits per heavy atom. The van der Waals surface area contributed by atoms with Gasteiger partial charge in [0.15, 0.2) is 11.6 Å². The molecule has 0 aliphatic rings. The van der Waals surface area contributed by atoms with Gasteiger partial charge in [0.25, 0.3) is 0 Å². The molecule has 0 bridgehead atoms. The lowest BCUT2D eigenvalue weighted by molar-refractivity contribution is -0.148. The third kappa shape index (κ3) is 3.74. The van der Waals surface area contributed by atoms with Gasteiger partial charge in [-0.25, -0.2) is 13.6 Å². The van der Waals surface area contributed by atoms with Crippen molar-refractivity contribution in [3.8, 4) is 0 Å². The lowest BCUT2D eigenvalue weighted by Gasteiger charge is -2.23. The third-order valence-corrected chi connectivity index (χ3v) is 2.87. The largest absolute Gasteiger partial charge is 0.480 e. The maximum absolute atomic E-state index is 13.0. The molecular weight excluding hydrogens is 256 g/mol. The molecule has 1 rings (SSSR count). The minimum absolute atomic E-state index is 0.169. The number of likely N-dealkylation sites (N-methyl/N-ethyl adjacent to an activating group) is 1. The molecule has 0 aromatic heterocycles. The predicted octanol–water partition coefficient (Wildman–Crippen LogP) is 1.83. The number of hydrogen-bond acceptors (Lipinski definition) is 2. The number of carbonyl (C=O) groups is 2. The molecule has 19 heavy (non-hydrogen) atoms. The highest BCUT2D eigenvalue weighted by molar-refractivity contribution is 5.84. The fourth-order valence-corrected chi connectivity index (χ4v) is 1.74. The van der Waals surface area contributed by atoms with E-state index in [9.17, 15) is 18.4 Å². The lowest BCUT2D eigenvalue weighted by Crippen LogP contribution is -2.42. The molecule has 0 heterocycles. The summed E-state index contributed by atoms with van der Waals surface area (Å²) in [5, 5.41) is 8.94. The van der Waals surface area contributed by atoms with Crippen molar-refractivity contribution in [2.75, 3.05) is 7.05 Å². The average Bonchev–Trinajstić information content (AvgIpc) is 2.34. The van der Waals surface area contributed by atoms with Crippen LogP contribution in [0, 0.1) is 11.6 Å². The van der Waals surface area contributed by atoms with Crippen molar-refractivity contribution in [3.05, 3.63) is 35.4 Å². The number of benzene rings is 1. The first-order valence-electron chi connectivity index (χ1n) is 5.79. The van der Waals surface area contributed by atoms with Crippen LogP contribution in [0.1, 0.15) is 18.9 Å². The minimum Gasteiger partial charge on any atom is -0.480 e. The summed E-state index contributed by atoms with van der Waals surface area (Å²) in [7, 11) is 1.38. The van der Waals surface area contributed by atoms with Gasteiger partial charge in [-0.2, -0.15) is 0 Å².